The van der Waals surface area contributed by atoms with Gasteiger partial charge in [0.15, 0.2) is 0 Å². The fourth-order valence-corrected chi connectivity index (χ4v) is 4.14. The third-order valence-corrected chi connectivity index (χ3v) is 5.73. The quantitative estimate of drug-likeness (QED) is 0.607. The van der Waals surface area contributed by atoms with Gasteiger partial charge in [0.05, 0.1) is 22.9 Å². The second kappa shape index (κ2) is 9.38. The van der Waals surface area contributed by atoms with E-state index in [0.717, 1.165) is 29.4 Å². The van der Waals surface area contributed by atoms with Crippen molar-refractivity contribution in [1.82, 2.24) is 15.0 Å². The smallest absolute Gasteiger partial charge is 0.254 e. The number of amides is 2. The summed E-state index contributed by atoms with van der Waals surface area (Å²) in [6.45, 7) is 5.07. The number of nitrogens with zero attached hydrogens (tertiary/aromatic N) is 3. The Hall–Kier alpha value is -3.42. The number of nitrogens with two attached hydrogens (primary N) is 1. The van der Waals surface area contributed by atoms with Crippen LogP contribution in [-0.2, 0) is 11.2 Å². The van der Waals surface area contributed by atoms with Gasteiger partial charge in [-0.05, 0) is 44.0 Å². The number of rotatable bonds is 7. The average molecular weight is 437 g/mol. The number of likely N-dealkylation sites (tertiary alicyclic amines) is 1. The molecule has 4 rings (SSSR count). The van der Waals surface area contributed by atoms with Crippen LogP contribution in [-0.4, -0.2) is 46.0 Å². The molecule has 32 heavy (non-hydrogen) atoms. The first-order valence-corrected chi connectivity index (χ1v) is 11.0. The van der Waals surface area contributed by atoms with Crippen LogP contribution >= 0.6 is 0 Å². The van der Waals surface area contributed by atoms with E-state index in [4.69, 9.17) is 20.0 Å². The van der Waals surface area contributed by atoms with Crippen molar-refractivity contribution in [2.24, 2.45) is 5.73 Å². The zero-order valence-corrected chi connectivity index (χ0v) is 18.4. The van der Waals surface area contributed by atoms with Gasteiger partial charge in [-0.3, -0.25) is 14.6 Å². The molecule has 8 nitrogen and oxygen atoms in total. The van der Waals surface area contributed by atoms with Gasteiger partial charge in [0, 0.05) is 43.3 Å². The van der Waals surface area contributed by atoms with Crippen LogP contribution in [0.2, 0.25) is 0 Å². The first kappa shape index (κ1) is 21.8. The van der Waals surface area contributed by atoms with Crippen molar-refractivity contribution in [2.45, 2.75) is 51.6 Å². The Bertz CT molecular complexity index is 1120. The van der Waals surface area contributed by atoms with E-state index in [1.54, 1.807) is 6.07 Å². The molecular weight excluding hydrogens is 408 g/mol. The van der Waals surface area contributed by atoms with Crippen molar-refractivity contribution >= 4 is 22.7 Å². The van der Waals surface area contributed by atoms with Gasteiger partial charge in [-0.2, -0.15) is 0 Å². The van der Waals surface area contributed by atoms with E-state index >= 15 is 0 Å². The molecule has 0 saturated carbocycles. The summed E-state index contributed by atoms with van der Waals surface area (Å²) in [4.78, 5) is 31.4. The molecule has 3 heterocycles. The lowest BCUT2D eigenvalue weighted by molar-refractivity contribution is -0.132. The molecule has 3 aromatic rings. The number of aromatic nitrogens is 2. The predicted octanol–water partition coefficient (Wildman–Crippen LogP) is 3.45. The molecular formula is C24H28N4O4. The maximum Gasteiger partial charge on any atom is 0.254 e. The van der Waals surface area contributed by atoms with Gasteiger partial charge in [-0.15, -0.1) is 0 Å². The highest BCUT2D eigenvalue weighted by Crippen LogP contribution is 2.31. The standard InChI is InChI=1S/C24H28N4O4/c1-15(2)31-21-14-18(32-27-21)7-8-22(29)28-11-9-16(10-12-28)23-19(24(25)30)13-17-5-3-4-6-20(17)26-23/h3-6,13-16H,7-12H2,1-2H3,(H2,25,30). The summed E-state index contributed by atoms with van der Waals surface area (Å²) in [6.07, 6.45) is 2.33. The largest absolute Gasteiger partial charge is 0.473 e. The number of hydrogen-bond acceptors (Lipinski definition) is 6. The second-order valence-electron chi connectivity index (χ2n) is 8.43. The van der Waals surface area contributed by atoms with E-state index in [1.807, 2.05) is 49.1 Å². The van der Waals surface area contributed by atoms with Gasteiger partial charge < -0.3 is 19.9 Å². The highest BCUT2D eigenvalue weighted by molar-refractivity contribution is 5.97. The van der Waals surface area contributed by atoms with Crippen LogP contribution in [0.5, 0.6) is 5.88 Å². The minimum absolute atomic E-state index is 0.0167. The van der Waals surface area contributed by atoms with Crippen molar-refractivity contribution in [1.29, 1.82) is 0 Å². The highest BCUT2D eigenvalue weighted by atomic mass is 16.5. The molecule has 1 saturated heterocycles. The number of carbonyl (C=O) groups excluding carboxylic acids is 2. The summed E-state index contributed by atoms with van der Waals surface area (Å²) in [7, 11) is 0. The Kier molecular flexibility index (Phi) is 6.39. The third-order valence-electron chi connectivity index (χ3n) is 5.73. The molecule has 1 fully saturated rings. The minimum Gasteiger partial charge on any atom is -0.473 e. The third kappa shape index (κ3) is 4.90. The van der Waals surface area contributed by atoms with Crippen LogP contribution in [0.1, 0.15) is 60.8 Å². The van der Waals surface area contributed by atoms with E-state index in [9.17, 15) is 9.59 Å². The SMILES string of the molecule is CC(C)Oc1cc(CCC(=O)N2CCC(c3nc4ccccc4cc3C(N)=O)CC2)on1. The van der Waals surface area contributed by atoms with Crippen LogP contribution in [0.25, 0.3) is 10.9 Å². The predicted molar refractivity (Wildman–Crippen MR) is 119 cm³/mol. The van der Waals surface area contributed by atoms with Gasteiger partial charge in [0.1, 0.15) is 5.76 Å². The molecule has 0 atom stereocenters. The van der Waals surface area contributed by atoms with Crippen molar-refractivity contribution in [3.05, 3.63) is 53.4 Å². The first-order valence-electron chi connectivity index (χ1n) is 11.0. The Morgan fingerprint density at radius 1 is 1.22 bits per heavy atom. The molecule has 2 aromatic heterocycles. The Labute approximate surface area is 186 Å². The molecule has 0 unspecified atom stereocenters. The van der Waals surface area contributed by atoms with E-state index < -0.39 is 5.91 Å². The van der Waals surface area contributed by atoms with Crippen molar-refractivity contribution < 1.29 is 18.8 Å². The summed E-state index contributed by atoms with van der Waals surface area (Å²) < 4.78 is 10.7. The lowest BCUT2D eigenvalue weighted by Gasteiger charge is -2.32. The number of piperidine rings is 1. The normalized spacial score (nSPS) is 14.8. The number of hydrogen-bond donors (Lipinski definition) is 1. The number of para-hydroxylation sites is 1. The van der Waals surface area contributed by atoms with E-state index in [-0.39, 0.29) is 17.9 Å². The molecule has 168 valence electrons. The van der Waals surface area contributed by atoms with Gasteiger partial charge in [0.2, 0.25) is 5.91 Å². The molecule has 0 bridgehead atoms. The zero-order chi connectivity index (χ0) is 22.7. The van der Waals surface area contributed by atoms with Crippen LogP contribution in [0.3, 0.4) is 0 Å². The number of carbonyl (C=O) groups is 2. The lowest BCUT2D eigenvalue weighted by Crippen LogP contribution is -2.38. The van der Waals surface area contributed by atoms with E-state index in [1.165, 1.54) is 0 Å². The van der Waals surface area contributed by atoms with E-state index in [0.29, 0.717) is 43.1 Å². The van der Waals surface area contributed by atoms with E-state index in [2.05, 4.69) is 5.16 Å². The van der Waals surface area contributed by atoms with Crippen molar-refractivity contribution in [3.63, 3.8) is 0 Å². The monoisotopic (exact) mass is 436 g/mol. The van der Waals surface area contributed by atoms with Gasteiger partial charge in [-0.1, -0.05) is 18.2 Å². The van der Waals surface area contributed by atoms with Crippen molar-refractivity contribution in [3.8, 4) is 5.88 Å². The van der Waals surface area contributed by atoms with Gasteiger partial charge in [0.25, 0.3) is 11.8 Å². The van der Waals surface area contributed by atoms with Crippen LogP contribution in [0.4, 0.5) is 0 Å². The number of ether oxygens (including phenoxy) is 1. The summed E-state index contributed by atoms with van der Waals surface area (Å²) in [5.74, 6) is 0.778. The Morgan fingerprint density at radius 3 is 2.69 bits per heavy atom. The zero-order valence-electron chi connectivity index (χ0n) is 18.4. The Morgan fingerprint density at radius 2 is 1.97 bits per heavy atom. The number of benzene rings is 1. The fourth-order valence-electron chi connectivity index (χ4n) is 4.14. The minimum atomic E-state index is -0.468. The second-order valence-corrected chi connectivity index (χ2v) is 8.43. The maximum atomic E-state index is 12.7. The van der Waals surface area contributed by atoms with Crippen LogP contribution in [0.15, 0.2) is 40.9 Å². The summed E-state index contributed by atoms with van der Waals surface area (Å²) in [5.41, 5.74) is 7.70. The molecule has 2 amide bonds. The maximum absolute atomic E-state index is 12.7. The van der Waals surface area contributed by atoms with Crippen LogP contribution in [0, 0.1) is 0 Å². The molecule has 0 radical (unpaired) electrons. The van der Waals surface area contributed by atoms with Crippen LogP contribution < -0.4 is 10.5 Å². The lowest BCUT2D eigenvalue weighted by atomic mass is 9.89. The fraction of sp³-hybridized carbons (Fsp3) is 0.417. The number of primary amides is 1. The highest BCUT2D eigenvalue weighted by Gasteiger charge is 2.27. The molecule has 0 spiro atoms. The molecule has 0 aliphatic carbocycles. The van der Waals surface area contributed by atoms with Gasteiger partial charge in [-0.25, -0.2) is 0 Å². The number of aryl methyl sites for hydroxylation is 1. The molecule has 1 aromatic carbocycles. The molecule has 1 aliphatic heterocycles. The van der Waals surface area contributed by atoms with Crippen molar-refractivity contribution in [2.75, 3.05) is 13.1 Å². The van der Waals surface area contributed by atoms with Gasteiger partial charge >= 0.3 is 0 Å². The summed E-state index contributed by atoms with van der Waals surface area (Å²) in [6, 6.07) is 11.3. The number of pyridine rings is 1. The summed E-state index contributed by atoms with van der Waals surface area (Å²) >= 11 is 0. The molecule has 8 heteroatoms. The Balaban J connectivity index is 1.36. The average Bonchev–Trinajstić information content (AvgIpc) is 3.23. The molecule has 2 N–H and O–H groups in total. The topological polar surface area (TPSA) is 112 Å². The summed E-state index contributed by atoms with van der Waals surface area (Å²) in [5, 5.41) is 4.76. The number of fused-ring (bicyclic) bond motifs is 1. The molecule has 1 aliphatic rings. The first-order chi connectivity index (χ1) is 15.4.